The third-order valence-corrected chi connectivity index (χ3v) is 3.39. The highest BCUT2D eigenvalue weighted by molar-refractivity contribution is 5.28. The minimum atomic E-state index is 0.213. The number of rotatable bonds is 7. The largest absolute Gasteiger partial charge is 0.497 e. The predicted octanol–water partition coefficient (Wildman–Crippen LogP) is 2.20. The lowest BCUT2D eigenvalue weighted by molar-refractivity contribution is 0.414. The Balaban J connectivity index is 2.13. The van der Waals surface area contributed by atoms with E-state index in [9.17, 15) is 0 Å². The normalized spacial score (nSPS) is 12.3. The second kappa shape index (κ2) is 7.05. The Morgan fingerprint density at radius 3 is 2.65 bits per heavy atom. The van der Waals surface area contributed by atoms with Gasteiger partial charge in [0.25, 0.3) is 0 Å². The topological polar surface area (TPSA) is 52.0 Å². The Kier molecular flexibility index (Phi) is 5.12. The van der Waals surface area contributed by atoms with Crippen LogP contribution < -0.4 is 10.1 Å². The number of ether oxygens (including phenoxy) is 1. The summed E-state index contributed by atoms with van der Waals surface area (Å²) in [4.78, 5) is 0. The van der Waals surface area contributed by atoms with Crippen molar-refractivity contribution in [3.63, 3.8) is 0 Å². The minimum absolute atomic E-state index is 0.213. The van der Waals surface area contributed by atoms with E-state index in [2.05, 4.69) is 34.7 Å². The third kappa shape index (κ3) is 3.36. The van der Waals surface area contributed by atoms with Gasteiger partial charge in [-0.3, -0.25) is 0 Å². The van der Waals surface area contributed by atoms with E-state index >= 15 is 0 Å². The first kappa shape index (κ1) is 14.5. The molecule has 20 heavy (non-hydrogen) atoms. The zero-order chi connectivity index (χ0) is 14.4. The number of methoxy groups -OCH3 is 1. The highest BCUT2D eigenvalue weighted by atomic mass is 16.5. The van der Waals surface area contributed by atoms with Gasteiger partial charge in [-0.2, -0.15) is 0 Å². The van der Waals surface area contributed by atoms with Crippen molar-refractivity contribution in [2.24, 2.45) is 0 Å². The zero-order valence-electron chi connectivity index (χ0n) is 12.3. The molecular weight excluding hydrogens is 252 g/mol. The maximum atomic E-state index is 5.18. The summed E-state index contributed by atoms with van der Waals surface area (Å²) in [6.45, 7) is 3.04. The van der Waals surface area contributed by atoms with Crippen LogP contribution in [0.5, 0.6) is 5.75 Å². The predicted molar refractivity (Wildman–Crippen MR) is 78.8 cm³/mol. The van der Waals surface area contributed by atoms with E-state index in [4.69, 9.17) is 4.74 Å². The van der Waals surface area contributed by atoms with Gasteiger partial charge in [0.15, 0.2) is 0 Å². The zero-order valence-corrected chi connectivity index (χ0v) is 12.3. The fourth-order valence-electron chi connectivity index (χ4n) is 2.27. The van der Waals surface area contributed by atoms with Gasteiger partial charge in [-0.1, -0.05) is 24.3 Å². The molecule has 1 unspecified atom stereocenters. The molecule has 0 saturated heterocycles. The van der Waals surface area contributed by atoms with E-state index in [0.29, 0.717) is 0 Å². The molecule has 0 aliphatic rings. The average Bonchev–Trinajstić information content (AvgIpc) is 2.94. The maximum absolute atomic E-state index is 5.18. The second-order valence-corrected chi connectivity index (χ2v) is 4.78. The number of hydrogen-bond acceptors (Lipinski definition) is 4. The summed E-state index contributed by atoms with van der Waals surface area (Å²) < 4.78 is 7.16. The molecule has 108 valence electrons. The summed E-state index contributed by atoms with van der Waals surface area (Å²) in [6, 6.07) is 8.38. The number of likely N-dealkylation sites (N-methyl/N-ethyl adjacent to an activating group) is 1. The molecule has 2 rings (SSSR count). The van der Waals surface area contributed by atoms with E-state index in [1.807, 2.05) is 30.1 Å². The highest BCUT2D eigenvalue weighted by Crippen LogP contribution is 2.19. The molecule has 2 aromatic rings. The molecule has 1 heterocycles. The smallest absolute Gasteiger partial charge is 0.118 e. The van der Waals surface area contributed by atoms with Gasteiger partial charge in [0.1, 0.15) is 5.75 Å². The van der Waals surface area contributed by atoms with E-state index in [0.717, 1.165) is 30.8 Å². The monoisotopic (exact) mass is 274 g/mol. The molecule has 0 radical (unpaired) electrons. The van der Waals surface area contributed by atoms with Crippen LogP contribution in [-0.4, -0.2) is 29.2 Å². The Bertz CT molecular complexity index is 521. The molecular formula is C15H22N4O. The molecule has 0 saturated carbocycles. The summed E-state index contributed by atoms with van der Waals surface area (Å²) in [6.07, 6.45) is 3.80. The molecule has 1 N–H and O–H groups in total. The Labute approximate surface area is 120 Å². The number of hydrogen-bond donors (Lipinski definition) is 1. The molecule has 5 nitrogen and oxygen atoms in total. The van der Waals surface area contributed by atoms with Crippen LogP contribution in [0.2, 0.25) is 0 Å². The van der Waals surface area contributed by atoms with Crippen molar-refractivity contribution in [2.75, 3.05) is 14.2 Å². The van der Waals surface area contributed by atoms with Crippen LogP contribution in [0, 0.1) is 0 Å². The average molecular weight is 274 g/mol. The van der Waals surface area contributed by atoms with Crippen molar-refractivity contribution < 1.29 is 4.74 Å². The molecule has 1 atom stereocenters. The first-order chi connectivity index (χ1) is 9.78. The summed E-state index contributed by atoms with van der Waals surface area (Å²) in [5, 5.41) is 11.5. The van der Waals surface area contributed by atoms with Crippen molar-refractivity contribution in [1.29, 1.82) is 0 Å². The Morgan fingerprint density at radius 2 is 2.05 bits per heavy atom. The SMILES string of the molecule is CCCn1nncc1C(Cc1ccc(OC)cc1)NC. The molecule has 0 fully saturated rings. The lowest BCUT2D eigenvalue weighted by Crippen LogP contribution is -2.22. The summed E-state index contributed by atoms with van der Waals surface area (Å²) in [5.74, 6) is 0.882. The van der Waals surface area contributed by atoms with Crippen molar-refractivity contribution in [1.82, 2.24) is 20.3 Å². The standard InChI is InChI=1S/C15H22N4O/c1-4-9-19-15(11-17-18-19)14(16-2)10-12-5-7-13(20-3)8-6-12/h5-8,11,14,16H,4,9-10H2,1-3H3. The van der Waals surface area contributed by atoms with Crippen LogP contribution in [-0.2, 0) is 13.0 Å². The maximum Gasteiger partial charge on any atom is 0.118 e. The van der Waals surface area contributed by atoms with Gasteiger partial charge in [-0.05, 0) is 37.6 Å². The lowest BCUT2D eigenvalue weighted by Gasteiger charge is -2.17. The van der Waals surface area contributed by atoms with E-state index in [1.54, 1.807) is 7.11 Å². The van der Waals surface area contributed by atoms with E-state index in [1.165, 1.54) is 5.56 Å². The van der Waals surface area contributed by atoms with Gasteiger partial charge in [0.2, 0.25) is 0 Å². The van der Waals surface area contributed by atoms with Crippen molar-refractivity contribution in [2.45, 2.75) is 32.4 Å². The van der Waals surface area contributed by atoms with Crippen LogP contribution >= 0.6 is 0 Å². The highest BCUT2D eigenvalue weighted by Gasteiger charge is 2.15. The summed E-state index contributed by atoms with van der Waals surface area (Å²) in [5.41, 5.74) is 2.39. The quantitative estimate of drug-likeness (QED) is 0.841. The van der Waals surface area contributed by atoms with Gasteiger partial charge in [0.05, 0.1) is 25.0 Å². The summed E-state index contributed by atoms with van der Waals surface area (Å²) >= 11 is 0. The number of aryl methyl sites for hydroxylation is 1. The Morgan fingerprint density at radius 1 is 1.30 bits per heavy atom. The fourth-order valence-corrected chi connectivity index (χ4v) is 2.27. The van der Waals surface area contributed by atoms with Gasteiger partial charge in [-0.25, -0.2) is 4.68 Å². The molecule has 0 bridgehead atoms. The second-order valence-electron chi connectivity index (χ2n) is 4.78. The van der Waals surface area contributed by atoms with Gasteiger partial charge in [0, 0.05) is 6.54 Å². The number of nitrogens with zero attached hydrogens (tertiary/aromatic N) is 3. The number of nitrogens with one attached hydrogen (secondary N) is 1. The van der Waals surface area contributed by atoms with Gasteiger partial charge < -0.3 is 10.1 Å². The van der Waals surface area contributed by atoms with Crippen LogP contribution in [0.3, 0.4) is 0 Å². The molecule has 0 amide bonds. The lowest BCUT2D eigenvalue weighted by atomic mass is 10.0. The third-order valence-electron chi connectivity index (χ3n) is 3.39. The summed E-state index contributed by atoms with van der Waals surface area (Å²) in [7, 11) is 3.65. The molecule has 0 aliphatic heterocycles. The first-order valence-electron chi connectivity index (χ1n) is 6.97. The van der Waals surface area contributed by atoms with Gasteiger partial charge in [-0.15, -0.1) is 5.10 Å². The van der Waals surface area contributed by atoms with Crippen molar-refractivity contribution >= 4 is 0 Å². The number of benzene rings is 1. The van der Waals surface area contributed by atoms with E-state index in [-0.39, 0.29) is 6.04 Å². The molecule has 0 spiro atoms. The van der Waals surface area contributed by atoms with Crippen molar-refractivity contribution in [3.8, 4) is 5.75 Å². The van der Waals surface area contributed by atoms with Crippen LogP contribution in [0.1, 0.15) is 30.6 Å². The van der Waals surface area contributed by atoms with Crippen molar-refractivity contribution in [3.05, 3.63) is 41.7 Å². The molecule has 1 aromatic heterocycles. The van der Waals surface area contributed by atoms with Crippen LogP contribution in [0.4, 0.5) is 0 Å². The van der Waals surface area contributed by atoms with Crippen LogP contribution in [0.15, 0.2) is 30.5 Å². The van der Waals surface area contributed by atoms with E-state index < -0.39 is 0 Å². The van der Waals surface area contributed by atoms with Gasteiger partial charge >= 0.3 is 0 Å². The first-order valence-corrected chi connectivity index (χ1v) is 6.97. The van der Waals surface area contributed by atoms with Crippen LogP contribution in [0.25, 0.3) is 0 Å². The minimum Gasteiger partial charge on any atom is -0.497 e. The molecule has 1 aromatic carbocycles. The molecule has 0 aliphatic carbocycles. The number of aromatic nitrogens is 3. The Hall–Kier alpha value is -1.88. The fraction of sp³-hybridized carbons (Fsp3) is 0.467. The molecule has 5 heteroatoms.